The standard InChI is InChI=1S/C14H15N5O4/c1-7-3-5-9(6-4-7)19-12(21)10(11(20)16-14(19)23)8(2)17-18-13(15)22/h3-6,21H,1-2H3,(H3,15,18,22)(H,16,20,23). The Kier molecular flexibility index (Phi) is 4.30. The predicted molar refractivity (Wildman–Crippen MR) is 84.0 cm³/mol. The molecule has 9 heteroatoms. The van der Waals surface area contributed by atoms with Gasteiger partial charge in [0.05, 0.1) is 11.4 Å². The molecule has 0 aliphatic rings. The minimum Gasteiger partial charge on any atom is -0.493 e. The molecule has 0 spiro atoms. The summed E-state index contributed by atoms with van der Waals surface area (Å²) in [5.41, 5.74) is 6.29. The Morgan fingerprint density at radius 2 is 1.91 bits per heavy atom. The number of carbonyl (C=O) groups excluding carboxylic acids is 1. The van der Waals surface area contributed by atoms with E-state index in [9.17, 15) is 19.5 Å². The van der Waals surface area contributed by atoms with Crippen molar-refractivity contribution in [2.75, 3.05) is 0 Å². The lowest BCUT2D eigenvalue weighted by molar-refractivity contribution is 0.249. The summed E-state index contributed by atoms with van der Waals surface area (Å²) >= 11 is 0. The molecule has 1 aromatic heterocycles. The summed E-state index contributed by atoms with van der Waals surface area (Å²) in [4.78, 5) is 36.7. The number of nitrogens with two attached hydrogens (primary N) is 1. The van der Waals surface area contributed by atoms with E-state index < -0.39 is 23.2 Å². The molecule has 2 aromatic rings. The quantitative estimate of drug-likeness (QED) is 0.464. The molecule has 0 unspecified atom stereocenters. The van der Waals surface area contributed by atoms with E-state index in [0.717, 1.165) is 10.1 Å². The number of amides is 2. The van der Waals surface area contributed by atoms with Crippen molar-refractivity contribution in [1.82, 2.24) is 15.0 Å². The molecule has 120 valence electrons. The van der Waals surface area contributed by atoms with Gasteiger partial charge in [-0.15, -0.1) is 0 Å². The van der Waals surface area contributed by atoms with Crippen LogP contribution in [0.4, 0.5) is 4.79 Å². The van der Waals surface area contributed by atoms with E-state index in [4.69, 9.17) is 5.73 Å². The molecule has 5 N–H and O–H groups in total. The lowest BCUT2D eigenvalue weighted by Crippen LogP contribution is -2.33. The summed E-state index contributed by atoms with van der Waals surface area (Å²) in [6.07, 6.45) is 0. The molecule has 0 fully saturated rings. The van der Waals surface area contributed by atoms with Crippen molar-refractivity contribution in [3.05, 3.63) is 56.2 Å². The van der Waals surface area contributed by atoms with Crippen LogP contribution in [0.5, 0.6) is 5.88 Å². The van der Waals surface area contributed by atoms with Gasteiger partial charge in [-0.1, -0.05) is 17.7 Å². The highest BCUT2D eigenvalue weighted by atomic mass is 16.3. The zero-order chi connectivity index (χ0) is 17.1. The number of aromatic amines is 1. The van der Waals surface area contributed by atoms with Crippen molar-refractivity contribution < 1.29 is 9.90 Å². The number of rotatable bonds is 3. The fourth-order valence-electron chi connectivity index (χ4n) is 1.98. The summed E-state index contributed by atoms with van der Waals surface area (Å²) in [7, 11) is 0. The Morgan fingerprint density at radius 1 is 1.30 bits per heavy atom. The molecule has 0 aliphatic carbocycles. The number of primary amides is 1. The molecule has 9 nitrogen and oxygen atoms in total. The second-order valence-corrected chi connectivity index (χ2v) is 4.80. The number of hydrazone groups is 1. The minimum absolute atomic E-state index is 0.0107. The first-order valence-corrected chi connectivity index (χ1v) is 6.56. The van der Waals surface area contributed by atoms with E-state index in [0.29, 0.717) is 5.69 Å². The van der Waals surface area contributed by atoms with Crippen LogP contribution in [0.1, 0.15) is 18.1 Å². The van der Waals surface area contributed by atoms with E-state index in [2.05, 4.69) is 10.1 Å². The molecular weight excluding hydrogens is 302 g/mol. The number of nitrogens with one attached hydrogen (secondary N) is 2. The molecule has 0 bridgehead atoms. The van der Waals surface area contributed by atoms with Gasteiger partial charge in [-0.05, 0) is 26.0 Å². The van der Waals surface area contributed by atoms with Gasteiger partial charge in [0.25, 0.3) is 5.56 Å². The average Bonchev–Trinajstić information content (AvgIpc) is 2.46. The Bertz CT molecular complexity index is 893. The van der Waals surface area contributed by atoms with E-state index >= 15 is 0 Å². The van der Waals surface area contributed by atoms with Crippen LogP contribution in [0.3, 0.4) is 0 Å². The van der Waals surface area contributed by atoms with Crippen molar-refractivity contribution >= 4 is 11.7 Å². The topological polar surface area (TPSA) is 143 Å². The van der Waals surface area contributed by atoms with Gasteiger partial charge >= 0.3 is 11.7 Å². The molecule has 1 aromatic carbocycles. The molecule has 0 saturated carbocycles. The lowest BCUT2D eigenvalue weighted by Gasteiger charge is -2.11. The number of aromatic nitrogens is 2. The molecule has 0 radical (unpaired) electrons. The smallest absolute Gasteiger partial charge is 0.335 e. The van der Waals surface area contributed by atoms with E-state index in [1.807, 2.05) is 12.3 Å². The maximum atomic E-state index is 12.0. The van der Waals surface area contributed by atoms with Crippen LogP contribution in [0, 0.1) is 6.92 Å². The first-order chi connectivity index (χ1) is 10.8. The maximum Gasteiger partial charge on any atom is 0.335 e. The number of carbonyl (C=O) groups is 1. The van der Waals surface area contributed by atoms with E-state index in [-0.39, 0.29) is 11.3 Å². The van der Waals surface area contributed by atoms with Crippen LogP contribution in [-0.2, 0) is 0 Å². The number of aryl methyl sites for hydroxylation is 1. The molecule has 2 amide bonds. The highest BCUT2D eigenvalue weighted by molar-refractivity contribution is 6.00. The van der Waals surface area contributed by atoms with Crippen LogP contribution in [0.15, 0.2) is 39.0 Å². The van der Waals surface area contributed by atoms with Crippen LogP contribution >= 0.6 is 0 Å². The van der Waals surface area contributed by atoms with Crippen molar-refractivity contribution in [2.45, 2.75) is 13.8 Å². The predicted octanol–water partition coefficient (Wildman–Crippen LogP) is -0.0679. The largest absolute Gasteiger partial charge is 0.493 e. The SMILES string of the molecule is CC(=NNC(N)=O)c1c(O)n(-c2ccc(C)cc2)c(=O)[nH]c1=O. The van der Waals surface area contributed by atoms with Gasteiger partial charge in [-0.3, -0.25) is 9.78 Å². The molecular formula is C14H15N5O4. The van der Waals surface area contributed by atoms with Gasteiger partial charge in [0.15, 0.2) is 0 Å². The molecule has 0 atom stereocenters. The number of urea groups is 1. The Labute approximate surface area is 130 Å². The van der Waals surface area contributed by atoms with Gasteiger partial charge in [0.2, 0.25) is 5.88 Å². The third-order valence-electron chi connectivity index (χ3n) is 3.07. The Hall–Kier alpha value is -3.36. The normalized spacial score (nSPS) is 11.3. The first-order valence-electron chi connectivity index (χ1n) is 6.56. The zero-order valence-electron chi connectivity index (χ0n) is 12.5. The molecule has 1 heterocycles. The Morgan fingerprint density at radius 3 is 2.48 bits per heavy atom. The molecule has 0 saturated heterocycles. The lowest BCUT2D eigenvalue weighted by atomic mass is 10.2. The van der Waals surface area contributed by atoms with Crippen LogP contribution < -0.4 is 22.4 Å². The van der Waals surface area contributed by atoms with Crippen molar-refractivity contribution in [1.29, 1.82) is 0 Å². The summed E-state index contributed by atoms with van der Waals surface area (Å²) in [6, 6.07) is 5.81. The van der Waals surface area contributed by atoms with Gasteiger partial charge in [0, 0.05) is 0 Å². The van der Waals surface area contributed by atoms with Gasteiger partial charge in [0.1, 0.15) is 5.56 Å². The monoisotopic (exact) mass is 317 g/mol. The summed E-state index contributed by atoms with van der Waals surface area (Å²) in [6.45, 7) is 3.25. The molecule has 23 heavy (non-hydrogen) atoms. The van der Waals surface area contributed by atoms with Gasteiger partial charge in [-0.2, -0.15) is 5.10 Å². The first kappa shape index (κ1) is 16.0. The highest BCUT2D eigenvalue weighted by Crippen LogP contribution is 2.17. The van der Waals surface area contributed by atoms with Gasteiger partial charge in [-0.25, -0.2) is 19.6 Å². The third-order valence-corrected chi connectivity index (χ3v) is 3.07. The van der Waals surface area contributed by atoms with E-state index in [1.54, 1.807) is 24.3 Å². The maximum absolute atomic E-state index is 12.0. The average molecular weight is 317 g/mol. The van der Waals surface area contributed by atoms with Crippen LogP contribution in [-0.4, -0.2) is 26.4 Å². The van der Waals surface area contributed by atoms with Crippen molar-refractivity contribution in [2.24, 2.45) is 10.8 Å². The zero-order valence-corrected chi connectivity index (χ0v) is 12.5. The van der Waals surface area contributed by atoms with Crippen LogP contribution in [0.2, 0.25) is 0 Å². The molecule has 2 rings (SSSR count). The highest BCUT2D eigenvalue weighted by Gasteiger charge is 2.18. The summed E-state index contributed by atoms with van der Waals surface area (Å²) in [5.74, 6) is -0.588. The number of nitrogens with zero attached hydrogens (tertiary/aromatic N) is 2. The third kappa shape index (κ3) is 3.28. The molecule has 0 aliphatic heterocycles. The summed E-state index contributed by atoms with van der Waals surface area (Å²) in [5, 5.41) is 13.9. The van der Waals surface area contributed by atoms with E-state index in [1.165, 1.54) is 6.92 Å². The van der Waals surface area contributed by atoms with Crippen molar-refractivity contribution in [3.63, 3.8) is 0 Å². The minimum atomic E-state index is -0.924. The Balaban J connectivity index is 2.67. The fraction of sp³-hybridized carbons (Fsp3) is 0.143. The fourth-order valence-corrected chi connectivity index (χ4v) is 1.98. The van der Waals surface area contributed by atoms with Crippen molar-refractivity contribution in [3.8, 4) is 11.6 Å². The summed E-state index contributed by atoms with van der Waals surface area (Å²) < 4.78 is 0.930. The number of aromatic hydroxyl groups is 1. The number of H-pyrrole nitrogens is 1. The second kappa shape index (κ2) is 6.18. The number of hydrogen-bond donors (Lipinski definition) is 4. The number of benzene rings is 1. The number of hydrogen-bond acceptors (Lipinski definition) is 5. The van der Waals surface area contributed by atoms with Gasteiger partial charge < -0.3 is 10.8 Å². The second-order valence-electron chi connectivity index (χ2n) is 4.80. The van der Waals surface area contributed by atoms with Crippen LogP contribution in [0.25, 0.3) is 5.69 Å².